The summed E-state index contributed by atoms with van der Waals surface area (Å²) >= 11 is 0. The molecule has 0 spiro atoms. The van der Waals surface area contributed by atoms with E-state index in [9.17, 15) is 18.3 Å². The van der Waals surface area contributed by atoms with Crippen molar-refractivity contribution in [2.45, 2.75) is 30.7 Å². The Morgan fingerprint density at radius 1 is 1.18 bits per heavy atom. The average molecular weight is 404 g/mol. The van der Waals surface area contributed by atoms with Crippen LogP contribution in [0.2, 0.25) is 0 Å². The Labute approximate surface area is 165 Å². The van der Waals surface area contributed by atoms with Gasteiger partial charge in [-0.25, -0.2) is 8.42 Å². The topological polar surface area (TPSA) is 95.9 Å². The van der Waals surface area contributed by atoms with Gasteiger partial charge in [-0.3, -0.25) is 4.79 Å². The summed E-state index contributed by atoms with van der Waals surface area (Å²) in [4.78, 5) is 12.5. The molecule has 1 aliphatic rings. The van der Waals surface area contributed by atoms with Crippen molar-refractivity contribution < 1.29 is 23.1 Å². The lowest BCUT2D eigenvalue weighted by Gasteiger charge is -2.31. The van der Waals surface area contributed by atoms with Gasteiger partial charge >= 0.3 is 0 Å². The van der Waals surface area contributed by atoms with Crippen molar-refractivity contribution in [3.63, 3.8) is 0 Å². The predicted molar refractivity (Wildman–Crippen MR) is 105 cm³/mol. The molecule has 1 amide bonds. The maximum Gasteiger partial charge on any atom is 0.251 e. The first-order chi connectivity index (χ1) is 13.4. The van der Waals surface area contributed by atoms with Crippen LogP contribution in [0, 0.1) is 0 Å². The summed E-state index contributed by atoms with van der Waals surface area (Å²) in [6.07, 6.45) is 1.06. The van der Waals surface area contributed by atoms with Crippen LogP contribution in [-0.2, 0) is 10.0 Å². The number of aromatic hydroxyl groups is 1. The largest absolute Gasteiger partial charge is 0.508 e. The fourth-order valence-electron chi connectivity index (χ4n) is 3.18. The number of hydrogen-bond donors (Lipinski definition) is 2. The number of phenols is 1. The quantitative estimate of drug-likeness (QED) is 0.771. The Hall–Kier alpha value is -2.58. The molecule has 0 aromatic heterocycles. The minimum Gasteiger partial charge on any atom is -0.508 e. The van der Waals surface area contributed by atoms with Crippen molar-refractivity contribution in [3.05, 3.63) is 54.1 Å². The van der Waals surface area contributed by atoms with Gasteiger partial charge in [-0.15, -0.1) is 0 Å². The molecule has 7 nitrogen and oxygen atoms in total. The summed E-state index contributed by atoms with van der Waals surface area (Å²) < 4.78 is 32.4. The fraction of sp³-hybridized carbons (Fsp3) is 0.350. The number of rotatable bonds is 6. The Morgan fingerprint density at radius 3 is 2.46 bits per heavy atom. The van der Waals surface area contributed by atoms with E-state index >= 15 is 0 Å². The zero-order valence-electron chi connectivity index (χ0n) is 15.7. The number of piperidine rings is 1. The van der Waals surface area contributed by atoms with Crippen molar-refractivity contribution in [3.8, 4) is 11.5 Å². The van der Waals surface area contributed by atoms with Crippen molar-refractivity contribution in [1.82, 2.24) is 9.62 Å². The van der Waals surface area contributed by atoms with Crippen molar-refractivity contribution >= 4 is 15.9 Å². The summed E-state index contributed by atoms with van der Waals surface area (Å²) in [7, 11) is -3.57. The standard InChI is InChI=1S/C20H24N2O5S/c1-2-27-18-6-8-19(9-7-18)28(25,26)22-12-10-16(11-13-22)21-20(24)15-4-3-5-17(23)14-15/h3-9,14,16,23H,2,10-13H2,1H3,(H,21,24). The molecule has 0 atom stereocenters. The second-order valence-corrected chi connectivity index (χ2v) is 8.54. The fourth-order valence-corrected chi connectivity index (χ4v) is 4.65. The van der Waals surface area contributed by atoms with Gasteiger partial charge in [0.05, 0.1) is 11.5 Å². The van der Waals surface area contributed by atoms with Crippen LogP contribution in [-0.4, -0.2) is 49.5 Å². The first-order valence-corrected chi connectivity index (χ1v) is 10.7. The van der Waals surface area contributed by atoms with Crippen LogP contribution in [0.3, 0.4) is 0 Å². The second kappa shape index (κ2) is 8.62. The number of carbonyl (C=O) groups is 1. The van der Waals surface area contributed by atoms with Crippen molar-refractivity contribution in [2.24, 2.45) is 0 Å². The SMILES string of the molecule is CCOc1ccc(S(=O)(=O)N2CCC(NC(=O)c3cccc(O)c3)CC2)cc1. The number of phenolic OH excluding ortho intramolecular Hbond substituents is 1. The minimum atomic E-state index is -3.57. The van der Waals surface area contributed by atoms with E-state index in [0.717, 1.165) is 0 Å². The third kappa shape index (κ3) is 4.63. The lowest BCUT2D eigenvalue weighted by molar-refractivity contribution is 0.0923. The first kappa shape index (κ1) is 20.2. The second-order valence-electron chi connectivity index (χ2n) is 6.61. The van der Waals surface area contributed by atoms with Crippen LogP contribution >= 0.6 is 0 Å². The highest BCUT2D eigenvalue weighted by molar-refractivity contribution is 7.89. The number of sulfonamides is 1. The number of benzene rings is 2. The van der Waals surface area contributed by atoms with Gasteiger partial charge in [0.2, 0.25) is 10.0 Å². The summed E-state index contributed by atoms with van der Waals surface area (Å²) in [5.41, 5.74) is 0.379. The van der Waals surface area contributed by atoms with Gasteiger partial charge < -0.3 is 15.2 Å². The highest BCUT2D eigenvalue weighted by Gasteiger charge is 2.30. The van der Waals surface area contributed by atoms with Gasteiger partial charge in [0.1, 0.15) is 11.5 Å². The summed E-state index contributed by atoms with van der Waals surface area (Å²) in [6, 6.07) is 12.4. The number of carbonyl (C=O) groups excluding carboxylic acids is 1. The van der Waals surface area contributed by atoms with Crippen LogP contribution in [0.4, 0.5) is 0 Å². The molecule has 1 fully saturated rings. The Morgan fingerprint density at radius 2 is 1.86 bits per heavy atom. The molecule has 150 valence electrons. The molecule has 1 heterocycles. The average Bonchev–Trinajstić information content (AvgIpc) is 2.69. The molecule has 2 aromatic carbocycles. The predicted octanol–water partition coefficient (Wildman–Crippen LogP) is 2.37. The molecule has 3 rings (SSSR count). The zero-order chi connectivity index (χ0) is 20.1. The Bertz CT molecular complexity index is 920. The maximum atomic E-state index is 12.8. The van der Waals surface area contributed by atoms with Crippen LogP contribution in [0.25, 0.3) is 0 Å². The van der Waals surface area contributed by atoms with E-state index in [1.807, 2.05) is 6.92 Å². The van der Waals surface area contributed by atoms with Crippen LogP contribution in [0.15, 0.2) is 53.4 Å². The molecule has 2 N–H and O–H groups in total. The molecule has 0 saturated carbocycles. The number of nitrogens with one attached hydrogen (secondary N) is 1. The minimum absolute atomic E-state index is 0.0314. The number of hydrogen-bond acceptors (Lipinski definition) is 5. The highest BCUT2D eigenvalue weighted by atomic mass is 32.2. The normalized spacial score (nSPS) is 15.9. The van der Waals surface area contributed by atoms with Crippen LogP contribution in [0.5, 0.6) is 11.5 Å². The summed E-state index contributed by atoms with van der Waals surface area (Å²) in [5.74, 6) is 0.391. The molecular weight excluding hydrogens is 380 g/mol. The lowest BCUT2D eigenvalue weighted by Crippen LogP contribution is -2.46. The van der Waals surface area contributed by atoms with Crippen molar-refractivity contribution in [2.75, 3.05) is 19.7 Å². The molecule has 1 saturated heterocycles. The molecule has 28 heavy (non-hydrogen) atoms. The molecule has 0 aliphatic carbocycles. The van der Waals surface area contributed by atoms with Gasteiger partial charge in [0.15, 0.2) is 0 Å². The summed E-state index contributed by atoms with van der Waals surface area (Å²) in [5, 5.41) is 12.4. The third-order valence-corrected chi connectivity index (χ3v) is 6.58. The molecule has 2 aromatic rings. The Balaban J connectivity index is 1.59. The van der Waals surface area contributed by atoms with Gasteiger partial charge in [0, 0.05) is 24.7 Å². The lowest BCUT2D eigenvalue weighted by atomic mass is 10.1. The van der Waals surface area contributed by atoms with Gasteiger partial charge in [-0.2, -0.15) is 4.31 Å². The Kier molecular flexibility index (Phi) is 6.21. The maximum absolute atomic E-state index is 12.8. The molecule has 0 unspecified atom stereocenters. The van der Waals surface area contributed by atoms with E-state index in [-0.39, 0.29) is 22.6 Å². The number of nitrogens with zero attached hydrogens (tertiary/aromatic N) is 1. The molecule has 8 heteroatoms. The summed E-state index contributed by atoms with van der Waals surface area (Å²) in [6.45, 7) is 3.06. The monoisotopic (exact) mass is 404 g/mol. The third-order valence-electron chi connectivity index (χ3n) is 4.67. The number of amides is 1. The van der Waals surface area contributed by atoms with E-state index in [4.69, 9.17) is 4.74 Å². The van der Waals surface area contributed by atoms with Crippen LogP contribution in [0.1, 0.15) is 30.1 Å². The van der Waals surface area contributed by atoms with Crippen LogP contribution < -0.4 is 10.1 Å². The van der Waals surface area contributed by atoms with Gasteiger partial charge in [0.25, 0.3) is 5.91 Å². The van der Waals surface area contributed by atoms with E-state index in [2.05, 4.69) is 5.32 Å². The van der Waals surface area contributed by atoms with Crippen molar-refractivity contribution in [1.29, 1.82) is 0 Å². The van der Waals surface area contributed by atoms with Gasteiger partial charge in [-0.1, -0.05) is 6.07 Å². The van der Waals surface area contributed by atoms with E-state index in [0.29, 0.717) is 43.9 Å². The molecule has 1 aliphatic heterocycles. The molecule has 0 radical (unpaired) electrons. The van der Waals surface area contributed by atoms with E-state index in [1.165, 1.54) is 16.4 Å². The molecule has 0 bridgehead atoms. The number of ether oxygens (including phenoxy) is 1. The van der Waals surface area contributed by atoms with E-state index in [1.54, 1.807) is 36.4 Å². The zero-order valence-corrected chi connectivity index (χ0v) is 16.5. The van der Waals surface area contributed by atoms with E-state index < -0.39 is 10.0 Å². The van der Waals surface area contributed by atoms with Gasteiger partial charge in [-0.05, 0) is 62.2 Å². The molecular formula is C20H24N2O5S. The highest BCUT2D eigenvalue weighted by Crippen LogP contribution is 2.23. The first-order valence-electron chi connectivity index (χ1n) is 9.23. The smallest absolute Gasteiger partial charge is 0.251 e.